The highest BCUT2D eigenvalue weighted by molar-refractivity contribution is 9.08. The molecule has 0 aliphatic rings. The van der Waals surface area contributed by atoms with Gasteiger partial charge >= 0.3 is 5.97 Å². The predicted octanol–water partition coefficient (Wildman–Crippen LogP) is 1.96. The van der Waals surface area contributed by atoms with Gasteiger partial charge in [0.25, 0.3) is 0 Å². The molecule has 11 heavy (non-hydrogen) atoms. The van der Waals surface area contributed by atoms with Crippen LogP contribution in [0.15, 0.2) is 16.7 Å². The Morgan fingerprint density at radius 1 is 1.82 bits per heavy atom. The van der Waals surface area contributed by atoms with Crippen molar-refractivity contribution in [2.24, 2.45) is 0 Å². The fourth-order valence-corrected chi connectivity index (χ4v) is 1.17. The Bertz CT molecular complexity index is 254. The summed E-state index contributed by atoms with van der Waals surface area (Å²) in [6.45, 7) is 0. The molecule has 0 fully saturated rings. The first-order valence-corrected chi connectivity index (χ1v) is 4.12. The number of esters is 1. The molecule has 0 N–H and O–H groups in total. The van der Waals surface area contributed by atoms with Crippen LogP contribution in [0.3, 0.4) is 0 Å². The van der Waals surface area contributed by atoms with Crippen LogP contribution in [0.25, 0.3) is 0 Å². The van der Waals surface area contributed by atoms with Gasteiger partial charge in [-0.15, -0.1) is 0 Å². The van der Waals surface area contributed by atoms with E-state index in [0.717, 1.165) is 0 Å². The van der Waals surface area contributed by atoms with Crippen LogP contribution < -0.4 is 0 Å². The molecule has 0 aliphatic carbocycles. The van der Waals surface area contributed by atoms with E-state index in [0.29, 0.717) is 16.7 Å². The van der Waals surface area contributed by atoms with Gasteiger partial charge in [0.15, 0.2) is 0 Å². The fourth-order valence-electron chi connectivity index (χ4n) is 0.736. The number of rotatable bonds is 2. The molecule has 0 aromatic carbocycles. The highest BCUT2D eigenvalue weighted by atomic mass is 79.9. The average Bonchev–Trinajstić information content (AvgIpc) is 2.50. The van der Waals surface area contributed by atoms with Crippen LogP contribution in [-0.2, 0) is 10.1 Å². The van der Waals surface area contributed by atoms with Gasteiger partial charge < -0.3 is 9.15 Å². The zero-order chi connectivity index (χ0) is 8.27. The first-order chi connectivity index (χ1) is 5.29. The van der Waals surface area contributed by atoms with Crippen molar-refractivity contribution in [3.63, 3.8) is 0 Å². The lowest BCUT2D eigenvalue weighted by molar-refractivity contribution is 0.0598. The van der Waals surface area contributed by atoms with Crippen molar-refractivity contribution < 1.29 is 13.9 Å². The quantitative estimate of drug-likeness (QED) is 0.563. The lowest BCUT2D eigenvalue weighted by Crippen LogP contribution is -2.01. The van der Waals surface area contributed by atoms with E-state index in [2.05, 4.69) is 20.7 Å². The maximum atomic E-state index is 11.0. The van der Waals surface area contributed by atoms with E-state index in [1.165, 1.54) is 13.4 Å². The summed E-state index contributed by atoms with van der Waals surface area (Å²) in [6, 6.07) is 1.59. The number of alkyl halides is 1. The molecule has 1 aromatic rings. The molecular formula is C7H7BrO3. The molecule has 1 aromatic heterocycles. The molecule has 0 aliphatic heterocycles. The zero-order valence-corrected chi connectivity index (χ0v) is 7.55. The van der Waals surface area contributed by atoms with Gasteiger partial charge in [-0.2, -0.15) is 0 Å². The van der Waals surface area contributed by atoms with Gasteiger partial charge in [-0.1, -0.05) is 15.9 Å². The van der Waals surface area contributed by atoms with Gasteiger partial charge in [-0.3, -0.25) is 0 Å². The first kappa shape index (κ1) is 8.33. The SMILES string of the molecule is COC(=O)c1ccoc1CBr. The molecule has 0 amide bonds. The van der Waals surface area contributed by atoms with Gasteiger partial charge in [-0.25, -0.2) is 4.79 Å². The Morgan fingerprint density at radius 3 is 3.09 bits per heavy atom. The summed E-state index contributed by atoms with van der Waals surface area (Å²) in [5.74, 6) is 0.227. The van der Waals surface area contributed by atoms with Crippen molar-refractivity contribution >= 4 is 21.9 Å². The van der Waals surface area contributed by atoms with Crippen LogP contribution in [-0.4, -0.2) is 13.1 Å². The number of methoxy groups -OCH3 is 1. The van der Waals surface area contributed by atoms with E-state index in [9.17, 15) is 4.79 Å². The number of furan rings is 1. The molecule has 0 spiro atoms. The minimum absolute atomic E-state index is 0.367. The number of halogens is 1. The smallest absolute Gasteiger partial charge is 0.341 e. The second-order valence-corrected chi connectivity index (χ2v) is 2.44. The van der Waals surface area contributed by atoms with Crippen LogP contribution in [0.1, 0.15) is 16.1 Å². The Labute approximate surface area is 72.5 Å². The third-order valence-electron chi connectivity index (χ3n) is 1.27. The van der Waals surface area contributed by atoms with Crippen molar-refractivity contribution in [3.05, 3.63) is 23.7 Å². The predicted molar refractivity (Wildman–Crippen MR) is 42.7 cm³/mol. The number of ether oxygens (including phenoxy) is 1. The first-order valence-electron chi connectivity index (χ1n) is 3.00. The Hall–Kier alpha value is -0.770. The molecule has 0 unspecified atom stereocenters. The second kappa shape index (κ2) is 3.57. The average molecular weight is 219 g/mol. The van der Waals surface area contributed by atoms with Crippen LogP contribution in [0.5, 0.6) is 0 Å². The Morgan fingerprint density at radius 2 is 2.55 bits per heavy atom. The normalized spacial score (nSPS) is 9.64. The fraction of sp³-hybridized carbons (Fsp3) is 0.286. The number of hydrogen-bond acceptors (Lipinski definition) is 3. The molecule has 1 rings (SSSR count). The van der Waals surface area contributed by atoms with E-state index in [4.69, 9.17) is 4.42 Å². The minimum atomic E-state index is -0.367. The lowest BCUT2D eigenvalue weighted by atomic mass is 10.3. The molecule has 0 atom stereocenters. The number of hydrogen-bond donors (Lipinski definition) is 0. The third kappa shape index (κ3) is 1.63. The van der Waals surface area contributed by atoms with E-state index >= 15 is 0 Å². The standard InChI is InChI=1S/C7H7BrO3/c1-10-7(9)5-2-3-11-6(5)4-8/h2-3H,4H2,1H3. The van der Waals surface area contributed by atoms with Gasteiger partial charge in [0.2, 0.25) is 0 Å². The van der Waals surface area contributed by atoms with Gasteiger partial charge in [0, 0.05) is 0 Å². The molecular weight excluding hydrogens is 212 g/mol. The molecule has 0 saturated heterocycles. The second-order valence-electron chi connectivity index (χ2n) is 1.88. The van der Waals surface area contributed by atoms with E-state index in [-0.39, 0.29) is 5.97 Å². The molecule has 0 bridgehead atoms. The summed E-state index contributed by atoms with van der Waals surface area (Å²) in [6.07, 6.45) is 1.46. The number of carbonyl (C=O) groups is 1. The topological polar surface area (TPSA) is 39.4 Å². The molecule has 0 saturated carbocycles. The van der Waals surface area contributed by atoms with E-state index in [1.54, 1.807) is 6.07 Å². The number of carbonyl (C=O) groups excluding carboxylic acids is 1. The maximum absolute atomic E-state index is 11.0. The van der Waals surface area contributed by atoms with E-state index in [1.807, 2.05) is 0 Å². The third-order valence-corrected chi connectivity index (χ3v) is 1.78. The van der Waals surface area contributed by atoms with Crippen molar-refractivity contribution in [1.29, 1.82) is 0 Å². The summed E-state index contributed by atoms with van der Waals surface area (Å²) >= 11 is 3.18. The summed E-state index contributed by atoms with van der Waals surface area (Å²) < 4.78 is 9.51. The molecule has 60 valence electrons. The van der Waals surface area contributed by atoms with Crippen LogP contribution in [0.4, 0.5) is 0 Å². The highest BCUT2D eigenvalue weighted by Crippen LogP contribution is 2.14. The van der Waals surface area contributed by atoms with Crippen molar-refractivity contribution in [1.82, 2.24) is 0 Å². The van der Waals surface area contributed by atoms with E-state index < -0.39 is 0 Å². The summed E-state index contributed by atoms with van der Waals surface area (Å²) in [7, 11) is 1.34. The largest absolute Gasteiger partial charge is 0.468 e. The van der Waals surface area contributed by atoms with Crippen molar-refractivity contribution in [2.45, 2.75) is 5.33 Å². The monoisotopic (exact) mass is 218 g/mol. The van der Waals surface area contributed by atoms with Crippen LogP contribution in [0, 0.1) is 0 Å². The Kier molecular flexibility index (Phi) is 2.70. The van der Waals surface area contributed by atoms with Gasteiger partial charge in [0.05, 0.1) is 18.7 Å². The minimum Gasteiger partial charge on any atom is -0.468 e. The highest BCUT2D eigenvalue weighted by Gasteiger charge is 2.12. The molecule has 0 radical (unpaired) electrons. The van der Waals surface area contributed by atoms with Crippen LogP contribution >= 0.6 is 15.9 Å². The van der Waals surface area contributed by atoms with Crippen LogP contribution in [0.2, 0.25) is 0 Å². The zero-order valence-electron chi connectivity index (χ0n) is 5.96. The van der Waals surface area contributed by atoms with Crippen molar-refractivity contribution in [2.75, 3.05) is 7.11 Å². The maximum Gasteiger partial charge on any atom is 0.341 e. The van der Waals surface area contributed by atoms with Gasteiger partial charge in [-0.05, 0) is 6.07 Å². The summed E-state index contributed by atoms with van der Waals surface area (Å²) in [5, 5.41) is 0.518. The summed E-state index contributed by atoms with van der Waals surface area (Å²) in [5.41, 5.74) is 0.476. The molecule has 3 nitrogen and oxygen atoms in total. The molecule has 4 heteroatoms. The van der Waals surface area contributed by atoms with Crippen molar-refractivity contribution in [3.8, 4) is 0 Å². The summed E-state index contributed by atoms with van der Waals surface area (Å²) in [4.78, 5) is 11.0. The van der Waals surface area contributed by atoms with Gasteiger partial charge in [0.1, 0.15) is 11.3 Å². The Balaban J connectivity index is 2.92. The lowest BCUT2D eigenvalue weighted by Gasteiger charge is -1.95. The molecule has 1 heterocycles.